The van der Waals surface area contributed by atoms with E-state index < -0.39 is 5.82 Å². The second-order valence-electron chi connectivity index (χ2n) is 4.40. The number of halogens is 1. The average Bonchev–Trinajstić information content (AvgIpc) is 2.86. The Labute approximate surface area is 106 Å². The fourth-order valence-corrected chi connectivity index (χ4v) is 2.41. The molecule has 1 saturated heterocycles. The molecule has 98 valence electrons. The van der Waals surface area contributed by atoms with Crippen LogP contribution >= 0.6 is 0 Å². The summed E-state index contributed by atoms with van der Waals surface area (Å²) >= 11 is 0. The number of benzene rings is 1. The molecule has 1 heterocycles. The maximum Gasteiger partial charge on any atom is 0.175 e. The zero-order valence-corrected chi connectivity index (χ0v) is 10.6. The fourth-order valence-electron chi connectivity index (χ4n) is 2.41. The van der Waals surface area contributed by atoms with Crippen molar-refractivity contribution in [2.75, 3.05) is 13.7 Å². The third-order valence-corrected chi connectivity index (χ3v) is 3.40. The standard InChI is InChI=1S/C14H17FO3/c1-3-11-9(7-8-18-11)14(16)10-5-4-6-12(17-2)13(10)15/h4-6,9,11H,3,7-8H2,1-2H3. The normalized spacial score (nSPS) is 23.1. The average molecular weight is 252 g/mol. The van der Waals surface area contributed by atoms with Crippen LogP contribution in [-0.2, 0) is 4.74 Å². The van der Waals surface area contributed by atoms with Gasteiger partial charge in [-0.1, -0.05) is 13.0 Å². The van der Waals surface area contributed by atoms with Gasteiger partial charge in [0.25, 0.3) is 0 Å². The van der Waals surface area contributed by atoms with Crippen molar-refractivity contribution >= 4 is 5.78 Å². The quantitative estimate of drug-likeness (QED) is 0.773. The van der Waals surface area contributed by atoms with E-state index in [9.17, 15) is 9.18 Å². The van der Waals surface area contributed by atoms with Crippen molar-refractivity contribution in [3.63, 3.8) is 0 Å². The highest BCUT2D eigenvalue weighted by molar-refractivity contribution is 5.99. The van der Waals surface area contributed by atoms with Crippen LogP contribution in [0.3, 0.4) is 0 Å². The Morgan fingerprint density at radius 2 is 2.33 bits per heavy atom. The first-order valence-electron chi connectivity index (χ1n) is 6.17. The molecule has 0 saturated carbocycles. The summed E-state index contributed by atoms with van der Waals surface area (Å²) in [6.45, 7) is 2.54. The summed E-state index contributed by atoms with van der Waals surface area (Å²) in [6, 6.07) is 4.64. The van der Waals surface area contributed by atoms with Gasteiger partial charge >= 0.3 is 0 Å². The van der Waals surface area contributed by atoms with Crippen LogP contribution in [0.25, 0.3) is 0 Å². The van der Waals surface area contributed by atoms with E-state index in [2.05, 4.69) is 0 Å². The number of Topliss-reactive ketones (excluding diaryl/α,β-unsaturated/α-hetero) is 1. The van der Waals surface area contributed by atoms with Crippen molar-refractivity contribution in [3.05, 3.63) is 29.6 Å². The Morgan fingerprint density at radius 1 is 1.56 bits per heavy atom. The molecule has 0 N–H and O–H groups in total. The summed E-state index contributed by atoms with van der Waals surface area (Å²) in [5.41, 5.74) is 0.100. The molecule has 2 unspecified atom stereocenters. The van der Waals surface area contributed by atoms with Gasteiger partial charge in [-0.2, -0.15) is 0 Å². The van der Waals surface area contributed by atoms with Crippen molar-refractivity contribution in [1.29, 1.82) is 0 Å². The van der Waals surface area contributed by atoms with Gasteiger partial charge in [0.15, 0.2) is 17.3 Å². The number of ether oxygens (including phenoxy) is 2. The zero-order chi connectivity index (χ0) is 13.1. The van der Waals surface area contributed by atoms with Gasteiger partial charge in [-0.05, 0) is 25.0 Å². The Bertz CT molecular complexity index is 445. The summed E-state index contributed by atoms with van der Waals surface area (Å²) in [7, 11) is 1.39. The monoisotopic (exact) mass is 252 g/mol. The SMILES string of the molecule is CCC1OCCC1C(=O)c1cccc(OC)c1F. The molecule has 2 rings (SSSR count). The molecule has 1 aliphatic rings. The molecule has 18 heavy (non-hydrogen) atoms. The van der Waals surface area contributed by atoms with Crippen molar-refractivity contribution < 1.29 is 18.7 Å². The lowest BCUT2D eigenvalue weighted by Crippen LogP contribution is -2.24. The lowest BCUT2D eigenvalue weighted by molar-refractivity contribution is 0.0685. The number of hydrogen-bond donors (Lipinski definition) is 0. The molecule has 0 amide bonds. The molecular formula is C14H17FO3. The Morgan fingerprint density at radius 3 is 3.00 bits per heavy atom. The van der Waals surface area contributed by atoms with E-state index in [1.54, 1.807) is 6.07 Å². The molecule has 1 aromatic rings. The van der Waals surface area contributed by atoms with E-state index in [0.29, 0.717) is 13.0 Å². The second kappa shape index (κ2) is 5.48. The molecule has 1 fully saturated rings. The van der Waals surface area contributed by atoms with E-state index in [1.807, 2.05) is 6.92 Å². The smallest absolute Gasteiger partial charge is 0.175 e. The van der Waals surface area contributed by atoms with E-state index in [0.717, 1.165) is 6.42 Å². The van der Waals surface area contributed by atoms with Crippen molar-refractivity contribution in [2.45, 2.75) is 25.9 Å². The molecule has 4 heteroatoms. The molecular weight excluding hydrogens is 235 g/mol. The Hall–Kier alpha value is -1.42. The number of ketones is 1. The topological polar surface area (TPSA) is 35.5 Å². The van der Waals surface area contributed by atoms with Crippen molar-refractivity contribution in [2.24, 2.45) is 5.92 Å². The van der Waals surface area contributed by atoms with E-state index in [4.69, 9.17) is 9.47 Å². The second-order valence-corrected chi connectivity index (χ2v) is 4.40. The Kier molecular flexibility index (Phi) is 3.97. The molecule has 0 aromatic heterocycles. The lowest BCUT2D eigenvalue weighted by Gasteiger charge is -2.16. The highest BCUT2D eigenvalue weighted by Gasteiger charge is 2.34. The Balaban J connectivity index is 2.28. The maximum atomic E-state index is 14.0. The maximum absolute atomic E-state index is 14.0. The summed E-state index contributed by atoms with van der Waals surface area (Å²) in [5.74, 6) is -0.896. The van der Waals surface area contributed by atoms with Gasteiger partial charge in [0.05, 0.1) is 24.7 Å². The molecule has 0 spiro atoms. The lowest BCUT2D eigenvalue weighted by atomic mass is 9.90. The number of carbonyl (C=O) groups is 1. The predicted octanol–water partition coefficient (Wildman–Crippen LogP) is 2.83. The molecule has 2 atom stereocenters. The minimum Gasteiger partial charge on any atom is -0.494 e. The highest BCUT2D eigenvalue weighted by Crippen LogP contribution is 2.29. The van der Waals surface area contributed by atoms with Crippen LogP contribution in [-0.4, -0.2) is 25.6 Å². The molecule has 0 aliphatic carbocycles. The van der Waals surface area contributed by atoms with E-state index in [-0.39, 0.29) is 29.1 Å². The summed E-state index contributed by atoms with van der Waals surface area (Å²) in [4.78, 5) is 12.3. The van der Waals surface area contributed by atoms with Crippen LogP contribution in [0.2, 0.25) is 0 Å². The summed E-state index contributed by atoms with van der Waals surface area (Å²) < 4.78 is 24.4. The van der Waals surface area contributed by atoms with Gasteiger partial charge in [0.2, 0.25) is 0 Å². The fraction of sp³-hybridized carbons (Fsp3) is 0.500. The summed E-state index contributed by atoms with van der Waals surface area (Å²) in [5, 5.41) is 0. The largest absolute Gasteiger partial charge is 0.494 e. The van der Waals surface area contributed by atoms with Crippen LogP contribution in [0, 0.1) is 11.7 Å². The van der Waals surface area contributed by atoms with Crippen molar-refractivity contribution in [3.8, 4) is 5.75 Å². The number of carbonyl (C=O) groups excluding carboxylic acids is 1. The van der Waals surface area contributed by atoms with E-state index >= 15 is 0 Å². The van der Waals surface area contributed by atoms with Gasteiger partial charge in [0, 0.05) is 6.61 Å². The minimum atomic E-state index is -0.577. The van der Waals surface area contributed by atoms with Gasteiger partial charge in [-0.3, -0.25) is 4.79 Å². The van der Waals surface area contributed by atoms with E-state index in [1.165, 1.54) is 19.2 Å². The van der Waals surface area contributed by atoms with Gasteiger partial charge in [-0.15, -0.1) is 0 Å². The third-order valence-electron chi connectivity index (χ3n) is 3.40. The van der Waals surface area contributed by atoms with Crippen LogP contribution in [0.15, 0.2) is 18.2 Å². The third kappa shape index (κ3) is 2.25. The molecule has 3 nitrogen and oxygen atoms in total. The number of methoxy groups -OCH3 is 1. The van der Waals surface area contributed by atoms with Gasteiger partial charge < -0.3 is 9.47 Å². The van der Waals surface area contributed by atoms with Crippen LogP contribution < -0.4 is 4.74 Å². The molecule has 1 aromatic carbocycles. The first-order chi connectivity index (χ1) is 8.69. The first-order valence-corrected chi connectivity index (χ1v) is 6.17. The number of hydrogen-bond acceptors (Lipinski definition) is 3. The predicted molar refractivity (Wildman–Crippen MR) is 65.4 cm³/mol. The van der Waals surface area contributed by atoms with Crippen LogP contribution in [0.1, 0.15) is 30.1 Å². The first kappa shape index (κ1) is 13.0. The van der Waals surface area contributed by atoms with Gasteiger partial charge in [-0.25, -0.2) is 4.39 Å². The molecule has 1 aliphatic heterocycles. The number of rotatable bonds is 4. The molecule has 0 radical (unpaired) electrons. The van der Waals surface area contributed by atoms with Crippen LogP contribution in [0.5, 0.6) is 5.75 Å². The minimum absolute atomic E-state index is 0.0944. The van der Waals surface area contributed by atoms with Crippen molar-refractivity contribution in [1.82, 2.24) is 0 Å². The van der Waals surface area contributed by atoms with Gasteiger partial charge in [0.1, 0.15) is 0 Å². The van der Waals surface area contributed by atoms with Crippen LogP contribution in [0.4, 0.5) is 4.39 Å². The molecule has 0 bridgehead atoms. The zero-order valence-electron chi connectivity index (χ0n) is 10.6. The highest BCUT2D eigenvalue weighted by atomic mass is 19.1. The summed E-state index contributed by atoms with van der Waals surface area (Å²) in [6.07, 6.45) is 1.33.